The van der Waals surface area contributed by atoms with Crippen LogP contribution < -0.4 is 5.32 Å². The number of H-pyrrole nitrogens is 1. The summed E-state index contributed by atoms with van der Waals surface area (Å²) in [5.74, 6) is -0.0268. The Morgan fingerprint density at radius 1 is 1.18 bits per heavy atom. The second-order valence-corrected chi connectivity index (χ2v) is 6.56. The van der Waals surface area contributed by atoms with Gasteiger partial charge in [-0.25, -0.2) is 0 Å². The van der Waals surface area contributed by atoms with Gasteiger partial charge in [-0.05, 0) is 49.6 Å². The first-order valence-electron chi connectivity index (χ1n) is 7.63. The third-order valence-corrected chi connectivity index (χ3v) is 4.64. The number of carbonyl (C=O) groups excluding carboxylic acids is 1. The molecule has 22 heavy (non-hydrogen) atoms. The normalized spacial score (nSPS) is 16.1. The van der Waals surface area contributed by atoms with E-state index in [1.807, 2.05) is 31.2 Å². The van der Waals surface area contributed by atoms with Crippen LogP contribution in [-0.4, -0.2) is 16.9 Å². The average Bonchev–Trinajstić information content (AvgIpc) is 3.25. The summed E-state index contributed by atoms with van der Waals surface area (Å²) in [5, 5.41) is 6.05. The Kier molecular flexibility index (Phi) is 3.12. The Balaban J connectivity index is 1.73. The summed E-state index contributed by atoms with van der Waals surface area (Å²) in [6, 6.07) is 12.4. The number of hydrogen-bond donors (Lipinski definition) is 2. The van der Waals surface area contributed by atoms with E-state index in [1.165, 1.54) is 0 Å². The van der Waals surface area contributed by atoms with Crippen molar-refractivity contribution in [3.8, 4) is 0 Å². The van der Waals surface area contributed by atoms with Crippen LogP contribution >= 0.6 is 11.6 Å². The van der Waals surface area contributed by atoms with Gasteiger partial charge in [-0.3, -0.25) is 4.79 Å². The summed E-state index contributed by atoms with van der Waals surface area (Å²) < 4.78 is 0. The molecule has 3 nitrogen and oxygen atoms in total. The molecule has 1 aromatic heterocycles. The van der Waals surface area contributed by atoms with Crippen molar-refractivity contribution < 1.29 is 4.79 Å². The van der Waals surface area contributed by atoms with Gasteiger partial charge in [-0.15, -0.1) is 0 Å². The summed E-state index contributed by atoms with van der Waals surface area (Å²) >= 11 is 6.09. The Morgan fingerprint density at radius 3 is 2.77 bits per heavy atom. The zero-order valence-corrected chi connectivity index (χ0v) is 13.1. The van der Waals surface area contributed by atoms with Crippen LogP contribution in [0.2, 0.25) is 5.02 Å². The maximum atomic E-state index is 12.2. The maximum absolute atomic E-state index is 12.2. The molecule has 0 spiro atoms. The lowest BCUT2D eigenvalue weighted by molar-refractivity contribution is -0.122. The molecule has 1 atom stereocenters. The predicted molar refractivity (Wildman–Crippen MR) is 90.4 cm³/mol. The number of carbonyl (C=O) groups is 1. The number of amides is 1. The molecule has 1 fully saturated rings. The van der Waals surface area contributed by atoms with E-state index in [0.29, 0.717) is 6.04 Å². The van der Waals surface area contributed by atoms with Gasteiger partial charge in [0.2, 0.25) is 5.91 Å². The number of aromatic amines is 1. The van der Waals surface area contributed by atoms with Crippen LogP contribution in [0.1, 0.15) is 31.2 Å². The third kappa shape index (κ3) is 2.35. The molecular formula is C18H17ClN2O. The number of aromatic nitrogens is 1. The summed E-state index contributed by atoms with van der Waals surface area (Å²) in [6.07, 6.45) is 2.22. The van der Waals surface area contributed by atoms with Gasteiger partial charge in [0, 0.05) is 32.9 Å². The van der Waals surface area contributed by atoms with Crippen LogP contribution in [0.15, 0.2) is 36.4 Å². The van der Waals surface area contributed by atoms with Crippen molar-refractivity contribution in [2.24, 2.45) is 0 Å². The zero-order chi connectivity index (χ0) is 15.3. The fourth-order valence-corrected chi connectivity index (χ4v) is 3.04. The molecule has 0 bridgehead atoms. The molecule has 1 aliphatic rings. The predicted octanol–water partition coefficient (Wildman–Crippen LogP) is 4.36. The minimum absolute atomic E-state index is 0.112. The monoisotopic (exact) mass is 312 g/mol. The lowest BCUT2D eigenvalue weighted by Gasteiger charge is -2.12. The molecule has 0 aliphatic heterocycles. The van der Waals surface area contributed by atoms with Crippen molar-refractivity contribution in [3.05, 3.63) is 47.0 Å². The van der Waals surface area contributed by atoms with Gasteiger partial charge in [0.1, 0.15) is 0 Å². The van der Waals surface area contributed by atoms with E-state index in [4.69, 9.17) is 11.6 Å². The molecule has 3 aromatic rings. The van der Waals surface area contributed by atoms with E-state index in [0.717, 1.165) is 45.2 Å². The van der Waals surface area contributed by atoms with Crippen LogP contribution in [0.3, 0.4) is 0 Å². The minimum Gasteiger partial charge on any atom is -0.355 e. The standard InChI is InChI=1S/C18H17ClN2O/c1-10(18(22)20-13-4-5-13)11-2-6-14-15-9-12(19)3-7-16(15)21-17(14)8-11/h2-3,6-10,13,21H,4-5H2,1H3,(H,20,22)/t10-/m0/s1. The molecule has 2 N–H and O–H groups in total. The lowest BCUT2D eigenvalue weighted by atomic mass is 9.98. The molecule has 112 valence electrons. The molecule has 4 rings (SSSR count). The molecule has 2 aromatic carbocycles. The Labute approximate surface area is 133 Å². The highest BCUT2D eigenvalue weighted by Crippen LogP contribution is 2.30. The highest BCUT2D eigenvalue weighted by atomic mass is 35.5. The van der Waals surface area contributed by atoms with Gasteiger partial charge >= 0.3 is 0 Å². The summed E-state index contributed by atoms with van der Waals surface area (Å²) in [4.78, 5) is 15.6. The zero-order valence-electron chi connectivity index (χ0n) is 12.3. The summed E-state index contributed by atoms with van der Waals surface area (Å²) in [7, 11) is 0. The van der Waals surface area contributed by atoms with Crippen molar-refractivity contribution in [2.45, 2.75) is 31.7 Å². The number of hydrogen-bond acceptors (Lipinski definition) is 1. The summed E-state index contributed by atoms with van der Waals surface area (Å²) in [5.41, 5.74) is 3.13. The Morgan fingerprint density at radius 2 is 2.00 bits per heavy atom. The van der Waals surface area contributed by atoms with Gasteiger partial charge in [-0.1, -0.05) is 23.7 Å². The van der Waals surface area contributed by atoms with Crippen molar-refractivity contribution in [1.29, 1.82) is 0 Å². The second-order valence-electron chi connectivity index (χ2n) is 6.12. The van der Waals surface area contributed by atoms with Crippen LogP contribution in [0.5, 0.6) is 0 Å². The fraction of sp³-hybridized carbons (Fsp3) is 0.278. The van der Waals surface area contributed by atoms with Gasteiger partial charge < -0.3 is 10.3 Å². The first kappa shape index (κ1) is 13.6. The van der Waals surface area contributed by atoms with E-state index >= 15 is 0 Å². The smallest absolute Gasteiger partial charge is 0.227 e. The molecule has 1 saturated carbocycles. The molecule has 0 radical (unpaired) electrons. The van der Waals surface area contributed by atoms with Crippen LogP contribution in [0, 0.1) is 0 Å². The van der Waals surface area contributed by atoms with Crippen molar-refractivity contribution in [2.75, 3.05) is 0 Å². The average molecular weight is 313 g/mol. The number of halogens is 1. The molecule has 1 heterocycles. The highest BCUT2D eigenvalue weighted by Gasteiger charge is 2.26. The number of benzene rings is 2. The molecule has 4 heteroatoms. The van der Waals surface area contributed by atoms with Crippen LogP contribution in [0.4, 0.5) is 0 Å². The van der Waals surface area contributed by atoms with E-state index in [-0.39, 0.29) is 11.8 Å². The molecule has 0 unspecified atom stereocenters. The molecule has 0 saturated heterocycles. The SMILES string of the molecule is C[C@H](C(=O)NC1CC1)c1ccc2c(c1)[nH]c1ccc(Cl)cc12. The number of nitrogens with one attached hydrogen (secondary N) is 2. The third-order valence-electron chi connectivity index (χ3n) is 4.40. The van der Waals surface area contributed by atoms with E-state index < -0.39 is 0 Å². The minimum atomic E-state index is -0.139. The maximum Gasteiger partial charge on any atom is 0.227 e. The van der Waals surface area contributed by atoms with Gasteiger partial charge in [0.25, 0.3) is 0 Å². The van der Waals surface area contributed by atoms with E-state index in [1.54, 1.807) is 0 Å². The summed E-state index contributed by atoms with van der Waals surface area (Å²) in [6.45, 7) is 1.96. The number of fused-ring (bicyclic) bond motifs is 3. The molecule has 1 aliphatic carbocycles. The fourth-order valence-electron chi connectivity index (χ4n) is 2.87. The Bertz CT molecular complexity index is 879. The topological polar surface area (TPSA) is 44.9 Å². The van der Waals surface area contributed by atoms with Crippen LogP contribution in [0.25, 0.3) is 21.8 Å². The Hall–Kier alpha value is -2.00. The molecule has 1 amide bonds. The van der Waals surface area contributed by atoms with Gasteiger partial charge in [-0.2, -0.15) is 0 Å². The van der Waals surface area contributed by atoms with Crippen molar-refractivity contribution in [3.63, 3.8) is 0 Å². The highest BCUT2D eigenvalue weighted by molar-refractivity contribution is 6.31. The van der Waals surface area contributed by atoms with E-state index in [2.05, 4.69) is 22.4 Å². The molecular weight excluding hydrogens is 296 g/mol. The first-order chi connectivity index (χ1) is 10.6. The largest absolute Gasteiger partial charge is 0.355 e. The number of rotatable bonds is 3. The van der Waals surface area contributed by atoms with Crippen LogP contribution in [-0.2, 0) is 4.79 Å². The van der Waals surface area contributed by atoms with Crippen molar-refractivity contribution >= 4 is 39.3 Å². The van der Waals surface area contributed by atoms with Gasteiger partial charge in [0.15, 0.2) is 0 Å². The van der Waals surface area contributed by atoms with Gasteiger partial charge in [0.05, 0.1) is 5.92 Å². The first-order valence-corrected chi connectivity index (χ1v) is 8.01. The lowest BCUT2D eigenvalue weighted by Crippen LogP contribution is -2.29. The van der Waals surface area contributed by atoms with E-state index in [9.17, 15) is 4.79 Å². The quantitative estimate of drug-likeness (QED) is 0.741. The second kappa shape index (κ2) is 5.03. The van der Waals surface area contributed by atoms with Crippen molar-refractivity contribution in [1.82, 2.24) is 10.3 Å².